The highest BCUT2D eigenvalue weighted by Crippen LogP contribution is 2.38. The normalized spacial score (nSPS) is 13.1. The number of H-pyrrole nitrogens is 1. The van der Waals surface area contributed by atoms with Crippen molar-refractivity contribution in [1.82, 2.24) is 15.6 Å². The van der Waals surface area contributed by atoms with Gasteiger partial charge in [0.1, 0.15) is 17.4 Å². The van der Waals surface area contributed by atoms with E-state index in [9.17, 15) is 23.9 Å². The molecule has 3 aromatic rings. The summed E-state index contributed by atoms with van der Waals surface area (Å²) >= 11 is 6.37. The fraction of sp³-hybridized carbons (Fsp3) is 0.296. The van der Waals surface area contributed by atoms with Gasteiger partial charge in [-0.3, -0.25) is 4.79 Å². The van der Waals surface area contributed by atoms with Gasteiger partial charge in [-0.2, -0.15) is 0 Å². The number of carboxylic acid groups (broad SMARTS) is 1. The molecule has 2 aromatic carbocycles. The van der Waals surface area contributed by atoms with Crippen molar-refractivity contribution in [3.8, 4) is 16.9 Å². The number of urea groups is 1. The van der Waals surface area contributed by atoms with Crippen molar-refractivity contribution < 1.29 is 23.8 Å². The van der Waals surface area contributed by atoms with Crippen LogP contribution >= 0.6 is 11.6 Å². The van der Waals surface area contributed by atoms with Crippen LogP contribution in [0.25, 0.3) is 11.1 Å². The number of carbonyl (C=O) groups is 2. The zero-order valence-corrected chi connectivity index (χ0v) is 21.2. The first-order valence-electron chi connectivity index (χ1n) is 11.8. The summed E-state index contributed by atoms with van der Waals surface area (Å²) in [6.07, 6.45) is 2.98. The van der Waals surface area contributed by atoms with Gasteiger partial charge in [-0.1, -0.05) is 23.7 Å². The van der Waals surface area contributed by atoms with Gasteiger partial charge >= 0.3 is 12.0 Å². The maximum absolute atomic E-state index is 14.0. The Bertz CT molecular complexity index is 1420. The monoisotopic (exact) mass is 527 g/mol. The molecule has 8 nitrogen and oxygen atoms in total. The summed E-state index contributed by atoms with van der Waals surface area (Å²) in [7, 11) is 0. The van der Waals surface area contributed by atoms with Gasteiger partial charge in [0.2, 0.25) is 0 Å². The maximum atomic E-state index is 14.0. The molecule has 1 aliphatic carbocycles. The quantitative estimate of drug-likeness (QED) is 0.325. The van der Waals surface area contributed by atoms with Crippen LogP contribution in [0.15, 0.2) is 41.2 Å². The van der Waals surface area contributed by atoms with Crippen LogP contribution in [0.1, 0.15) is 52.0 Å². The molecule has 0 radical (unpaired) electrons. The molecule has 37 heavy (non-hydrogen) atoms. The molecule has 0 bridgehead atoms. The Morgan fingerprint density at radius 2 is 1.92 bits per heavy atom. The number of aromatic nitrogens is 1. The Hall–Kier alpha value is -3.85. The predicted octanol–water partition coefficient (Wildman–Crippen LogP) is 5.08. The zero-order chi connectivity index (χ0) is 26.7. The molecule has 1 saturated carbocycles. The second-order valence-electron chi connectivity index (χ2n) is 9.09. The maximum Gasteiger partial charge on any atom is 0.335 e. The van der Waals surface area contributed by atoms with Crippen molar-refractivity contribution in [3.05, 3.63) is 85.5 Å². The molecule has 1 fully saturated rings. The molecule has 1 heterocycles. The second kappa shape index (κ2) is 11.0. The number of benzene rings is 2. The van der Waals surface area contributed by atoms with Gasteiger partial charge < -0.3 is 25.5 Å². The highest BCUT2D eigenvalue weighted by Gasteiger charge is 2.22. The third kappa shape index (κ3) is 5.94. The standard InChI is InChI=1S/C27H27ClFN3O5/c1-14-6-7-16(26(34)35)11-21(14)22-15(2)31-25(33)23(28)24(22)37-13-17-8-9-19(29)10-18(17)12-30-27(36)32-20-4-3-5-20/h6-11,20H,3-5,12-13H2,1-2H3,(H,31,33)(H,34,35)(H2,30,32,36). The fourth-order valence-electron chi connectivity index (χ4n) is 4.17. The molecule has 1 aromatic heterocycles. The molecule has 0 aliphatic heterocycles. The average molecular weight is 528 g/mol. The minimum atomic E-state index is -1.10. The van der Waals surface area contributed by atoms with Crippen LogP contribution < -0.4 is 20.9 Å². The van der Waals surface area contributed by atoms with Gasteiger partial charge in [-0.05, 0) is 79.6 Å². The Labute approximate surface area is 217 Å². The predicted molar refractivity (Wildman–Crippen MR) is 138 cm³/mol. The molecule has 4 N–H and O–H groups in total. The molecule has 0 unspecified atom stereocenters. The summed E-state index contributed by atoms with van der Waals surface area (Å²) < 4.78 is 20.1. The molecular formula is C27H27ClFN3O5. The fourth-order valence-corrected chi connectivity index (χ4v) is 4.37. The van der Waals surface area contributed by atoms with Crippen LogP contribution in [0.3, 0.4) is 0 Å². The largest absolute Gasteiger partial charge is 0.486 e. The molecule has 0 atom stereocenters. The van der Waals surface area contributed by atoms with E-state index in [1.165, 1.54) is 24.3 Å². The van der Waals surface area contributed by atoms with E-state index in [2.05, 4.69) is 15.6 Å². The van der Waals surface area contributed by atoms with Crippen molar-refractivity contribution >= 4 is 23.6 Å². The number of aromatic amines is 1. The van der Waals surface area contributed by atoms with E-state index in [1.54, 1.807) is 19.1 Å². The van der Waals surface area contributed by atoms with E-state index in [4.69, 9.17) is 16.3 Å². The number of aromatic carboxylic acids is 1. The van der Waals surface area contributed by atoms with Crippen LogP contribution in [-0.2, 0) is 13.2 Å². The Balaban J connectivity index is 1.63. The van der Waals surface area contributed by atoms with Crippen LogP contribution in [0.5, 0.6) is 5.75 Å². The van der Waals surface area contributed by atoms with Gasteiger partial charge in [0.25, 0.3) is 5.56 Å². The number of halogens is 2. The van der Waals surface area contributed by atoms with Crippen LogP contribution in [0.4, 0.5) is 9.18 Å². The highest BCUT2D eigenvalue weighted by molar-refractivity contribution is 6.32. The van der Waals surface area contributed by atoms with Crippen molar-refractivity contribution in [2.75, 3.05) is 0 Å². The number of rotatable bonds is 8. The summed E-state index contributed by atoms with van der Waals surface area (Å²) in [5.41, 5.74) is 2.80. The molecule has 2 amide bonds. The van der Waals surface area contributed by atoms with Crippen LogP contribution in [0.2, 0.25) is 5.02 Å². The molecule has 1 aliphatic rings. The average Bonchev–Trinajstić information content (AvgIpc) is 2.82. The number of carboxylic acids is 1. The SMILES string of the molecule is Cc1ccc(C(=O)O)cc1-c1c(C)[nH]c(=O)c(Cl)c1OCc1ccc(F)cc1CNC(=O)NC1CCC1. The lowest BCUT2D eigenvalue weighted by atomic mass is 9.93. The van der Waals surface area contributed by atoms with Crippen molar-refractivity contribution in [1.29, 1.82) is 0 Å². The molecule has 0 spiro atoms. The smallest absolute Gasteiger partial charge is 0.335 e. The number of hydrogen-bond acceptors (Lipinski definition) is 4. The number of amides is 2. The number of nitrogens with one attached hydrogen (secondary N) is 3. The van der Waals surface area contributed by atoms with Gasteiger partial charge in [-0.25, -0.2) is 14.0 Å². The van der Waals surface area contributed by atoms with E-state index >= 15 is 0 Å². The number of ether oxygens (including phenoxy) is 1. The first-order valence-corrected chi connectivity index (χ1v) is 12.2. The molecular weight excluding hydrogens is 501 g/mol. The van der Waals surface area contributed by atoms with Crippen LogP contribution in [-0.4, -0.2) is 28.1 Å². The first kappa shape index (κ1) is 26.2. The second-order valence-corrected chi connectivity index (χ2v) is 9.47. The summed E-state index contributed by atoms with van der Waals surface area (Å²) in [6, 6.07) is 8.62. The Morgan fingerprint density at radius 1 is 1.16 bits per heavy atom. The number of aryl methyl sites for hydroxylation is 2. The van der Waals surface area contributed by atoms with Crippen molar-refractivity contribution in [2.24, 2.45) is 0 Å². The highest BCUT2D eigenvalue weighted by atomic mass is 35.5. The van der Waals surface area contributed by atoms with Crippen molar-refractivity contribution in [2.45, 2.75) is 52.3 Å². The third-order valence-corrected chi connectivity index (χ3v) is 6.82. The Kier molecular flexibility index (Phi) is 7.83. The van der Waals surface area contributed by atoms with E-state index in [1.807, 2.05) is 6.92 Å². The topological polar surface area (TPSA) is 121 Å². The first-order chi connectivity index (χ1) is 17.6. The minimum absolute atomic E-state index is 0.0698. The lowest BCUT2D eigenvalue weighted by molar-refractivity contribution is 0.0697. The minimum Gasteiger partial charge on any atom is -0.486 e. The van der Waals surface area contributed by atoms with E-state index in [0.717, 1.165) is 24.8 Å². The summed E-state index contributed by atoms with van der Waals surface area (Å²) in [5.74, 6) is -1.48. The zero-order valence-electron chi connectivity index (χ0n) is 20.4. The van der Waals surface area contributed by atoms with E-state index in [-0.39, 0.29) is 41.6 Å². The molecule has 0 saturated heterocycles. The molecule has 194 valence electrons. The molecule has 4 rings (SSSR count). The number of pyridine rings is 1. The molecule has 10 heteroatoms. The third-order valence-electron chi connectivity index (χ3n) is 6.48. The van der Waals surface area contributed by atoms with Gasteiger partial charge in [0.05, 0.1) is 5.56 Å². The summed E-state index contributed by atoms with van der Waals surface area (Å²) in [6.45, 7) is 3.47. The van der Waals surface area contributed by atoms with Crippen molar-refractivity contribution in [3.63, 3.8) is 0 Å². The van der Waals surface area contributed by atoms with E-state index in [0.29, 0.717) is 27.9 Å². The Morgan fingerprint density at radius 3 is 2.59 bits per heavy atom. The summed E-state index contributed by atoms with van der Waals surface area (Å²) in [5, 5.41) is 14.9. The van der Waals surface area contributed by atoms with E-state index < -0.39 is 17.3 Å². The lowest BCUT2D eigenvalue weighted by Crippen LogP contribution is -2.44. The van der Waals surface area contributed by atoms with Gasteiger partial charge in [-0.15, -0.1) is 0 Å². The number of hydrogen-bond donors (Lipinski definition) is 4. The summed E-state index contributed by atoms with van der Waals surface area (Å²) in [4.78, 5) is 38.9. The van der Waals surface area contributed by atoms with Gasteiger partial charge in [0.15, 0.2) is 5.75 Å². The number of carbonyl (C=O) groups excluding carboxylic acids is 1. The van der Waals surface area contributed by atoms with Gasteiger partial charge in [0, 0.05) is 23.8 Å². The van der Waals surface area contributed by atoms with Crippen LogP contribution in [0, 0.1) is 19.7 Å². The lowest BCUT2D eigenvalue weighted by Gasteiger charge is -2.26.